The number of halogens is 2. The van der Waals surface area contributed by atoms with E-state index in [0.29, 0.717) is 22.2 Å². The maximum Gasteiger partial charge on any atom is 0.176 e. The van der Waals surface area contributed by atoms with Crippen molar-refractivity contribution < 1.29 is 9.53 Å². The van der Waals surface area contributed by atoms with Crippen LogP contribution in [0.25, 0.3) is 0 Å². The molecule has 0 bridgehead atoms. The molecule has 0 spiro atoms. The van der Waals surface area contributed by atoms with E-state index >= 15 is 0 Å². The molecule has 2 rings (SSSR count). The van der Waals surface area contributed by atoms with Crippen LogP contribution in [0.5, 0.6) is 0 Å². The van der Waals surface area contributed by atoms with Crippen molar-refractivity contribution in [1.82, 2.24) is 4.90 Å². The van der Waals surface area contributed by atoms with Crippen molar-refractivity contribution in [1.29, 1.82) is 0 Å². The van der Waals surface area contributed by atoms with Gasteiger partial charge in [-0.05, 0) is 39.0 Å². The number of carbonyl (C=O) groups is 1. The summed E-state index contributed by atoms with van der Waals surface area (Å²) in [5.74, 6) is 0.0495. The van der Waals surface area contributed by atoms with Gasteiger partial charge in [0.2, 0.25) is 0 Å². The molecule has 1 fully saturated rings. The fourth-order valence-corrected chi connectivity index (χ4v) is 2.97. The van der Waals surface area contributed by atoms with Crippen LogP contribution in [-0.4, -0.2) is 42.0 Å². The number of hydrogen-bond donors (Lipinski definition) is 0. The van der Waals surface area contributed by atoms with E-state index in [1.54, 1.807) is 18.2 Å². The van der Waals surface area contributed by atoms with Crippen LogP contribution in [0.1, 0.15) is 31.1 Å². The van der Waals surface area contributed by atoms with Gasteiger partial charge < -0.3 is 4.74 Å². The number of ketones is 1. The van der Waals surface area contributed by atoms with Crippen molar-refractivity contribution in [3.63, 3.8) is 0 Å². The SMILES string of the molecule is CC1CN(CC(=O)c2ccc(Cl)c(Cl)c2)CC(C)(C)O1. The first kappa shape index (κ1) is 15.8. The molecule has 1 unspecified atom stereocenters. The monoisotopic (exact) mass is 315 g/mol. The minimum absolute atomic E-state index is 0.0495. The van der Waals surface area contributed by atoms with Crippen molar-refractivity contribution in [2.45, 2.75) is 32.5 Å². The highest BCUT2D eigenvalue weighted by Crippen LogP contribution is 2.24. The molecule has 110 valence electrons. The summed E-state index contributed by atoms with van der Waals surface area (Å²) < 4.78 is 5.83. The Labute approximate surface area is 129 Å². The summed E-state index contributed by atoms with van der Waals surface area (Å²) in [4.78, 5) is 14.4. The molecule has 0 aliphatic carbocycles. The van der Waals surface area contributed by atoms with Crippen LogP contribution in [-0.2, 0) is 4.74 Å². The first-order valence-corrected chi connectivity index (χ1v) is 7.41. The van der Waals surface area contributed by atoms with Gasteiger partial charge in [0.05, 0.1) is 28.3 Å². The number of benzene rings is 1. The van der Waals surface area contributed by atoms with Crippen LogP contribution in [0.15, 0.2) is 18.2 Å². The molecule has 20 heavy (non-hydrogen) atoms. The highest BCUT2D eigenvalue weighted by atomic mass is 35.5. The van der Waals surface area contributed by atoms with E-state index in [0.717, 1.165) is 13.1 Å². The average Bonchev–Trinajstić information content (AvgIpc) is 2.29. The van der Waals surface area contributed by atoms with Gasteiger partial charge in [-0.3, -0.25) is 9.69 Å². The van der Waals surface area contributed by atoms with E-state index in [-0.39, 0.29) is 17.5 Å². The Kier molecular flexibility index (Phi) is 4.75. The van der Waals surface area contributed by atoms with Gasteiger partial charge in [0.15, 0.2) is 5.78 Å². The Morgan fingerprint density at radius 3 is 2.70 bits per heavy atom. The number of morpholine rings is 1. The van der Waals surface area contributed by atoms with E-state index in [1.165, 1.54) is 0 Å². The molecule has 0 saturated carbocycles. The Hall–Kier alpha value is -0.610. The number of rotatable bonds is 3. The predicted molar refractivity (Wildman–Crippen MR) is 81.9 cm³/mol. The third-order valence-corrected chi connectivity index (χ3v) is 3.99. The summed E-state index contributed by atoms with van der Waals surface area (Å²) in [5, 5.41) is 0.873. The normalized spacial score (nSPS) is 22.8. The topological polar surface area (TPSA) is 29.5 Å². The smallest absolute Gasteiger partial charge is 0.176 e. The number of hydrogen-bond acceptors (Lipinski definition) is 3. The van der Waals surface area contributed by atoms with Crippen molar-refractivity contribution in [2.24, 2.45) is 0 Å². The molecule has 1 aromatic carbocycles. The van der Waals surface area contributed by atoms with Crippen molar-refractivity contribution in [2.75, 3.05) is 19.6 Å². The highest BCUT2D eigenvalue weighted by Gasteiger charge is 2.32. The average molecular weight is 316 g/mol. The molecule has 1 aliphatic heterocycles. The molecule has 1 aromatic rings. The van der Waals surface area contributed by atoms with Gasteiger partial charge in [0.1, 0.15) is 0 Å². The van der Waals surface area contributed by atoms with E-state index in [1.807, 2.05) is 20.8 Å². The van der Waals surface area contributed by atoms with Gasteiger partial charge in [-0.15, -0.1) is 0 Å². The fraction of sp³-hybridized carbons (Fsp3) is 0.533. The molecule has 1 aliphatic rings. The molecule has 1 saturated heterocycles. The quantitative estimate of drug-likeness (QED) is 0.797. The first-order chi connectivity index (χ1) is 9.27. The molecular formula is C15H19Cl2NO2. The maximum absolute atomic E-state index is 12.3. The van der Waals surface area contributed by atoms with Crippen LogP contribution in [0.2, 0.25) is 10.0 Å². The maximum atomic E-state index is 12.3. The Morgan fingerprint density at radius 1 is 1.40 bits per heavy atom. The molecule has 1 atom stereocenters. The van der Waals surface area contributed by atoms with E-state index in [4.69, 9.17) is 27.9 Å². The Bertz CT molecular complexity index is 517. The number of carbonyl (C=O) groups excluding carboxylic acids is 1. The summed E-state index contributed by atoms with van der Waals surface area (Å²) in [6.07, 6.45) is 0.125. The van der Waals surface area contributed by atoms with Gasteiger partial charge in [0, 0.05) is 18.7 Å². The van der Waals surface area contributed by atoms with Gasteiger partial charge in [-0.25, -0.2) is 0 Å². The van der Waals surface area contributed by atoms with Crippen LogP contribution >= 0.6 is 23.2 Å². The zero-order valence-electron chi connectivity index (χ0n) is 12.0. The third-order valence-electron chi connectivity index (χ3n) is 3.25. The summed E-state index contributed by atoms with van der Waals surface area (Å²) in [6, 6.07) is 5.00. The summed E-state index contributed by atoms with van der Waals surface area (Å²) in [7, 11) is 0. The lowest BCUT2D eigenvalue weighted by molar-refractivity contribution is -0.126. The standard InChI is InChI=1S/C15H19Cl2NO2/c1-10-7-18(9-15(2,3)20-10)8-14(19)11-4-5-12(16)13(17)6-11/h4-6,10H,7-9H2,1-3H3. The largest absolute Gasteiger partial charge is 0.370 e. The van der Waals surface area contributed by atoms with Crippen LogP contribution in [0.4, 0.5) is 0 Å². The number of nitrogens with zero attached hydrogens (tertiary/aromatic N) is 1. The van der Waals surface area contributed by atoms with E-state index < -0.39 is 0 Å². The molecule has 0 radical (unpaired) electrons. The van der Waals surface area contributed by atoms with Gasteiger partial charge in [0.25, 0.3) is 0 Å². The Balaban J connectivity index is 2.05. The van der Waals surface area contributed by atoms with Crippen LogP contribution in [0, 0.1) is 0 Å². The van der Waals surface area contributed by atoms with E-state index in [2.05, 4.69) is 4.90 Å². The number of ether oxygens (including phenoxy) is 1. The lowest BCUT2D eigenvalue weighted by Crippen LogP contribution is -2.53. The zero-order valence-corrected chi connectivity index (χ0v) is 13.5. The van der Waals surface area contributed by atoms with Gasteiger partial charge in [-0.2, -0.15) is 0 Å². The fourth-order valence-electron chi connectivity index (χ4n) is 2.67. The highest BCUT2D eigenvalue weighted by molar-refractivity contribution is 6.42. The van der Waals surface area contributed by atoms with Crippen molar-refractivity contribution in [3.05, 3.63) is 33.8 Å². The second-order valence-electron chi connectivity index (χ2n) is 5.91. The lowest BCUT2D eigenvalue weighted by atomic mass is 10.0. The van der Waals surface area contributed by atoms with Crippen molar-refractivity contribution in [3.8, 4) is 0 Å². The molecule has 3 nitrogen and oxygen atoms in total. The minimum atomic E-state index is -0.227. The Morgan fingerprint density at radius 2 is 2.10 bits per heavy atom. The third kappa shape index (κ3) is 3.95. The molecule has 0 amide bonds. The van der Waals surface area contributed by atoms with Crippen LogP contribution < -0.4 is 0 Å². The first-order valence-electron chi connectivity index (χ1n) is 6.65. The molecular weight excluding hydrogens is 297 g/mol. The van der Waals surface area contributed by atoms with Crippen molar-refractivity contribution >= 4 is 29.0 Å². The molecule has 0 aromatic heterocycles. The van der Waals surface area contributed by atoms with Gasteiger partial charge in [-0.1, -0.05) is 23.2 Å². The zero-order chi connectivity index (χ0) is 14.9. The molecule has 5 heteroatoms. The predicted octanol–water partition coefficient (Wildman–Crippen LogP) is 3.68. The van der Waals surface area contributed by atoms with E-state index in [9.17, 15) is 4.79 Å². The minimum Gasteiger partial charge on any atom is -0.370 e. The molecule has 0 N–H and O–H groups in total. The second-order valence-corrected chi connectivity index (χ2v) is 6.72. The van der Waals surface area contributed by atoms with Gasteiger partial charge >= 0.3 is 0 Å². The second kappa shape index (κ2) is 6.02. The summed E-state index contributed by atoms with van der Waals surface area (Å²) in [6.45, 7) is 7.98. The summed E-state index contributed by atoms with van der Waals surface area (Å²) >= 11 is 11.8. The molecule has 1 heterocycles. The summed E-state index contributed by atoms with van der Waals surface area (Å²) in [5.41, 5.74) is 0.367. The van der Waals surface area contributed by atoms with Crippen LogP contribution in [0.3, 0.4) is 0 Å². The number of Topliss-reactive ketones (excluding diaryl/α,β-unsaturated/α-hetero) is 1. The lowest BCUT2D eigenvalue weighted by Gasteiger charge is -2.41.